The number of piperidine rings is 1. The van der Waals surface area contributed by atoms with Crippen LogP contribution in [0.4, 0.5) is 10.5 Å². The Morgan fingerprint density at radius 3 is 2.67 bits per heavy atom. The van der Waals surface area contributed by atoms with Crippen LogP contribution >= 0.6 is 0 Å². The van der Waals surface area contributed by atoms with Crippen molar-refractivity contribution < 1.29 is 4.79 Å². The molecule has 0 bridgehead atoms. The van der Waals surface area contributed by atoms with Crippen molar-refractivity contribution in [1.29, 1.82) is 0 Å². The average Bonchev–Trinajstić information content (AvgIpc) is 3.23. The molecule has 0 saturated carbocycles. The lowest BCUT2D eigenvalue weighted by atomic mass is 9.94. The molecule has 2 amide bonds. The van der Waals surface area contributed by atoms with Gasteiger partial charge in [0.05, 0.1) is 0 Å². The van der Waals surface area contributed by atoms with E-state index in [0.717, 1.165) is 48.0 Å². The summed E-state index contributed by atoms with van der Waals surface area (Å²) in [4.78, 5) is 21.1. The number of carbonyl (C=O) groups is 1. The fourth-order valence-electron chi connectivity index (χ4n) is 4.04. The Kier molecular flexibility index (Phi) is 4.86. The molecule has 3 heterocycles. The van der Waals surface area contributed by atoms with Crippen LogP contribution in [0.1, 0.15) is 24.2 Å². The number of likely N-dealkylation sites (tertiary alicyclic amines) is 1. The zero-order valence-electron chi connectivity index (χ0n) is 16.4. The molecular weight excluding hydrogens is 340 g/mol. The van der Waals surface area contributed by atoms with Crippen LogP contribution in [0.3, 0.4) is 0 Å². The SMILES string of the molecule is Cc1ccc(-c2nc(CC3CCN(C)CC3)nn2C)cc1N1CCNC1=O. The number of hydrogen-bond donors (Lipinski definition) is 1. The van der Waals surface area contributed by atoms with Gasteiger partial charge in [-0.2, -0.15) is 5.10 Å². The van der Waals surface area contributed by atoms with E-state index in [0.29, 0.717) is 19.0 Å². The maximum Gasteiger partial charge on any atom is 0.322 e. The minimum absolute atomic E-state index is 0.0313. The maximum absolute atomic E-state index is 12.1. The number of nitrogens with one attached hydrogen (secondary N) is 1. The Labute approximate surface area is 160 Å². The van der Waals surface area contributed by atoms with Gasteiger partial charge in [0.1, 0.15) is 0 Å². The third-order valence-corrected chi connectivity index (χ3v) is 5.73. The zero-order valence-corrected chi connectivity index (χ0v) is 16.4. The van der Waals surface area contributed by atoms with Crippen molar-refractivity contribution >= 4 is 11.7 Å². The van der Waals surface area contributed by atoms with Crippen LogP contribution < -0.4 is 10.2 Å². The van der Waals surface area contributed by atoms with Gasteiger partial charge >= 0.3 is 6.03 Å². The van der Waals surface area contributed by atoms with E-state index in [9.17, 15) is 4.79 Å². The lowest BCUT2D eigenvalue weighted by Gasteiger charge is -2.28. The van der Waals surface area contributed by atoms with Gasteiger partial charge in [-0.15, -0.1) is 0 Å². The zero-order chi connectivity index (χ0) is 19.0. The van der Waals surface area contributed by atoms with Crippen molar-refractivity contribution in [3.63, 3.8) is 0 Å². The van der Waals surface area contributed by atoms with E-state index in [1.54, 1.807) is 4.90 Å². The molecule has 2 fully saturated rings. The molecule has 1 aromatic heterocycles. The van der Waals surface area contributed by atoms with Crippen molar-refractivity contribution in [3.05, 3.63) is 29.6 Å². The third-order valence-electron chi connectivity index (χ3n) is 5.73. The summed E-state index contributed by atoms with van der Waals surface area (Å²) in [5.41, 5.74) is 3.03. The standard InChI is InChI=1S/C20H28N6O/c1-14-4-5-16(13-17(14)26-11-8-21-20(26)27)19-22-18(23-25(19)3)12-15-6-9-24(2)10-7-15/h4-5,13,15H,6-12H2,1-3H3,(H,21,27). The first kappa shape index (κ1) is 18.0. The molecule has 2 saturated heterocycles. The predicted octanol–water partition coefficient (Wildman–Crippen LogP) is 2.20. The molecule has 0 spiro atoms. The largest absolute Gasteiger partial charge is 0.336 e. The summed E-state index contributed by atoms with van der Waals surface area (Å²) in [6.07, 6.45) is 3.36. The molecule has 0 radical (unpaired) electrons. The number of nitrogens with zero attached hydrogens (tertiary/aromatic N) is 5. The number of rotatable bonds is 4. The van der Waals surface area contributed by atoms with Gasteiger partial charge in [0.15, 0.2) is 11.6 Å². The average molecular weight is 368 g/mol. The topological polar surface area (TPSA) is 66.3 Å². The van der Waals surface area contributed by atoms with E-state index in [1.807, 2.05) is 18.7 Å². The van der Waals surface area contributed by atoms with Gasteiger partial charge < -0.3 is 10.2 Å². The maximum atomic E-state index is 12.1. The first-order chi connectivity index (χ1) is 13.0. The lowest BCUT2D eigenvalue weighted by molar-refractivity contribution is 0.217. The molecular formula is C20H28N6O. The molecule has 0 atom stereocenters. The van der Waals surface area contributed by atoms with Crippen LogP contribution in [0.5, 0.6) is 0 Å². The van der Waals surface area contributed by atoms with Gasteiger partial charge in [-0.25, -0.2) is 14.5 Å². The van der Waals surface area contributed by atoms with Crippen LogP contribution in [0.15, 0.2) is 18.2 Å². The summed E-state index contributed by atoms with van der Waals surface area (Å²) in [5.74, 6) is 2.44. The molecule has 2 aliphatic rings. The second kappa shape index (κ2) is 7.31. The molecule has 2 aliphatic heterocycles. The second-order valence-electron chi connectivity index (χ2n) is 7.81. The molecule has 0 aliphatic carbocycles. The van der Waals surface area contributed by atoms with Crippen molar-refractivity contribution in [3.8, 4) is 11.4 Å². The lowest BCUT2D eigenvalue weighted by Crippen LogP contribution is -2.31. The summed E-state index contributed by atoms with van der Waals surface area (Å²) in [5, 5.41) is 7.53. The number of amides is 2. The second-order valence-corrected chi connectivity index (χ2v) is 7.81. The van der Waals surface area contributed by atoms with Gasteiger partial charge in [0.2, 0.25) is 0 Å². The van der Waals surface area contributed by atoms with Crippen LogP contribution in [0, 0.1) is 12.8 Å². The summed E-state index contributed by atoms with van der Waals surface area (Å²) in [6.45, 7) is 5.73. The van der Waals surface area contributed by atoms with E-state index in [1.165, 1.54) is 12.8 Å². The molecule has 0 unspecified atom stereocenters. The Bertz CT molecular complexity index is 837. The molecule has 7 nitrogen and oxygen atoms in total. The Balaban J connectivity index is 1.57. The Morgan fingerprint density at radius 2 is 1.96 bits per heavy atom. The van der Waals surface area contributed by atoms with E-state index in [4.69, 9.17) is 4.98 Å². The Morgan fingerprint density at radius 1 is 1.19 bits per heavy atom. The van der Waals surface area contributed by atoms with Gasteiger partial charge in [0, 0.05) is 37.8 Å². The number of aromatic nitrogens is 3. The highest BCUT2D eigenvalue weighted by molar-refractivity contribution is 5.95. The number of hydrogen-bond acceptors (Lipinski definition) is 4. The predicted molar refractivity (Wildman–Crippen MR) is 106 cm³/mol. The van der Waals surface area contributed by atoms with Crippen LogP contribution in [0.2, 0.25) is 0 Å². The highest BCUT2D eigenvalue weighted by Gasteiger charge is 2.24. The number of carbonyl (C=O) groups excluding carboxylic acids is 1. The van der Waals surface area contributed by atoms with E-state index in [-0.39, 0.29) is 6.03 Å². The first-order valence-corrected chi connectivity index (χ1v) is 9.76. The molecule has 4 rings (SSSR count). The van der Waals surface area contributed by atoms with Gasteiger partial charge in [0.25, 0.3) is 0 Å². The van der Waals surface area contributed by atoms with Gasteiger partial charge in [-0.05, 0) is 57.5 Å². The highest BCUT2D eigenvalue weighted by Crippen LogP contribution is 2.28. The summed E-state index contributed by atoms with van der Waals surface area (Å²) in [6, 6.07) is 6.15. The van der Waals surface area contributed by atoms with E-state index >= 15 is 0 Å². The fourth-order valence-corrected chi connectivity index (χ4v) is 4.04. The van der Waals surface area contributed by atoms with Crippen molar-refractivity contribution in [1.82, 2.24) is 25.0 Å². The van der Waals surface area contributed by atoms with Crippen molar-refractivity contribution in [2.75, 3.05) is 38.1 Å². The summed E-state index contributed by atoms with van der Waals surface area (Å²) >= 11 is 0. The first-order valence-electron chi connectivity index (χ1n) is 9.76. The quantitative estimate of drug-likeness (QED) is 0.899. The third kappa shape index (κ3) is 3.69. The van der Waals surface area contributed by atoms with E-state index < -0.39 is 0 Å². The molecule has 2 aromatic rings. The fraction of sp³-hybridized carbons (Fsp3) is 0.550. The monoisotopic (exact) mass is 368 g/mol. The molecule has 1 N–H and O–H groups in total. The molecule has 1 aromatic carbocycles. The minimum Gasteiger partial charge on any atom is -0.336 e. The van der Waals surface area contributed by atoms with Crippen molar-refractivity contribution in [2.45, 2.75) is 26.2 Å². The summed E-state index contributed by atoms with van der Waals surface area (Å²) in [7, 11) is 4.13. The van der Waals surface area contributed by atoms with Crippen LogP contribution in [-0.4, -0.2) is 58.9 Å². The van der Waals surface area contributed by atoms with Gasteiger partial charge in [-0.1, -0.05) is 12.1 Å². The van der Waals surface area contributed by atoms with Crippen LogP contribution in [0.25, 0.3) is 11.4 Å². The Hall–Kier alpha value is -2.41. The number of anilines is 1. The smallest absolute Gasteiger partial charge is 0.322 e. The number of benzene rings is 1. The summed E-state index contributed by atoms with van der Waals surface area (Å²) < 4.78 is 1.86. The normalized spacial score (nSPS) is 18.9. The minimum atomic E-state index is -0.0313. The van der Waals surface area contributed by atoms with Crippen LogP contribution in [-0.2, 0) is 13.5 Å². The number of urea groups is 1. The molecule has 27 heavy (non-hydrogen) atoms. The van der Waals surface area contributed by atoms with Gasteiger partial charge in [-0.3, -0.25) is 4.90 Å². The molecule has 144 valence electrons. The molecule has 7 heteroatoms. The number of aryl methyl sites for hydroxylation is 2. The van der Waals surface area contributed by atoms with E-state index in [2.05, 4.69) is 40.6 Å². The highest BCUT2D eigenvalue weighted by atomic mass is 16.2. The van der Waals surface area contributed by atoms with Crippen molar-refractivity contribution in [2.24, 2.45) is 13.0 Å².